The second-order valence-corrected chi connectivity index (χ2v) is 7.39. The molecule has 0 bridgehead atoms. The Morgan fingerprint density at radius 1 is 1.29 bits per heavy atom. The zero-order valence-electron chi connectivity index (χ0n) is 12.4. The van der Waals surface area contributed by atoms with Gasteiger partial charge in [-0.25, -0.2) is 0 Å². The Hall–Kier alpha value is -1.36. The zero-order chi connectivity index (χ0) is 15.0. The number of rotatable bonds is 2. The number of thiophene rings is 1. The van der Waals surface area contributed by atoms with Crippen LogP contribution < -0.4 is 5.73 Å². The van der Waals surface area contributed by atoms with Crippen molar-refractivity contribution in [3.63, 3.8) is 0 Å². The van der Waals surface area contributed by atoms with Gasteiger partial charge in [0.2, 0.25) is 5.91 Å². The van der Waals surface area contributed by atoms with Crippen LogP contribution in [0.15, 0.2) is 6.07 Å². The van der Waals surface area contributed by atoms with Crippen molar-refractivity contribution < 1.29 is 9.59 Å². The summed E-state index contributed by atoms with van der Waals surface area (Å²) in [6, 6.07) is 2.26. The summed E-state index contributed by atoms with van der Waals surface area (Å²) in [4.78, 5) is 28.2. The summed E-state index contributed by atoms with van der Waals surface area (Å²) in [6.07, 6.45) is 6.29. The predicted molar refractivity (Wildman–Crippen MR) is 83.4 cm³/mol. The molecule has 0 spiro atoms. The van der Waals surface area contributed by atoms with E-state index in [0.29, 0.717) is 6.54 Å². The summed E-state index contributed by atoms with van der Waals surface area (Å²) in [5, 5.41) is 0. The standard InChI is InChI=1S/C16H22N2O2S/c1-10-6-7-12(15(17)19)9-18(10)16(20)14-8-11-4-2-3-5-13(11)21-14/h8,10,12H,2-7,9H2,1H3,(H2,17,19)/t10-,12-/m0/s1. The molecule has 1 aliphatic carbocycles. The molecule has 1 aromatic heterocycles. The molecule has 1 fully saturated rings. The SMILES string of the molecule is C[C@H]1CC[C@H](C(N)=O)CN1C(=O)c1cc2c(s1)CCCC2. The van der Waals surface area contributed by atoms with Crippen LogP contribution in [0.2, 0.25) is 0 Å². The van der Waals surface area contributed by atoms with Gasteiger partial charge in [0.1, 0.15) is 0 Å². The average Bonchev–Trinajstić information content (AvgIpc) is 2.90. The highest BCUT2D eigenvalue weighted by atomic mass is 32.1. The van der Waals surface area contributed by atoms with Crippen LogP contribution in [0.1, 0.15) is 52.7 Å². The van der Waals surface area contributed by atoms with Crippen LogP contribution in [-0.4, -0.2) is 29.3 Å². The lowest BCUT2D eigenvalue weighted by Gasteiger charge is -2.36. The predicted octanol–water partition coefficient (Wildman–Crippen LogP) is 2.35. The molecule has 1 aromatic rings. The third-order valence-electron chi connectivity index (χ3n) is 4.75. The maximum atomic E-state index is 12.8. The number of carbonyl (C=O) groups is 2. The first-order chi connectivity index (χ1) is 10.1. The Bertz CT molecular complexity index is 543. The lowest BCUT2D eigenvalue weighted by atomic mass is 9.92. The molecule has 114 valence electrons. The summed E-state index contributed by atoms with van der Waals surface area (Å²) in [5.74, 6) is -0.405. The average molecular weight is 306 g/mol. The van der Waals surface area contributed by atoms with E-state index in [1.165, 1.54) is 23.3 Å². The second kappa shape index (κ2) is 5.79. The molecule has 0 aromatic carbocycles. The number of amides is 2. The number of piperidine rings is 1. The highest BCUT2D eigenvalue weighted by Crippen LogP contribution is 2.32. The van der Waals surface area contributed by atoms with Crippen LogP contribution in [-0.2, 0) is 17.6 Å². The number of likely N-dealkylation sites (tertiary alicyclic amines) is 1. The molecule has 21 heavy (non-hydrogen) atoms. The van der Waals surface area contributed by atoms with E-state index in [2.05, 4.69) is 13.0 Å². The Labute approximate surface area is 129 Å². The van der Waals surface area contributed by atoms with Gasteiger partial charge in [0.05, 0.1) is 10.8 Å². The first-order valence-electron chi connectivity index (χ1n) is 7.78. The Kier molecular flexibility index (Phi) is 4.02. The molecule has 2 heterocycles. The molecule has 4 nitrogen and oxygen atoms in total. The van der Waals surface area contributed by atoms with Gasteiger partial charge in [-0.1, -0.05) is 0 Å². The van der Waals surface area contributed by atoms with Crippen molar-refractivity contribution in [1.29, 1.82) is 0 Å². The van der Waals surface area contributed by atoms with Crippen molar-refractivity contribution in [3.8, 4) is 0 Å². The van der Waals surface area contributed by atoms with Gasteiger partial charge in [0.15, 0.2) is 0 Å². The molecule has 0 radical (unpaired) electrons. The monoisotopic (exact) mass is 306 g/mol. The van der Waals surface area contributed by atoms with Gasteiger partial charge in [-0.15, -0.1) is 11.3 Å². The van der Waals surface area contributed by atoms with Crippen molar-refractivity contribution >= 4 is 23.2 Å². The third-order valence-corrected chi connectivity index (χ3v) is 5.98. The van der Waals surface area contributed by atoms with E-state index in [9.17, 15) is 9.59 Å². The quantitative estimate of drug-likeness (QED) is 0.911. The van der Waals surface area contributed by atoms with Crippen molar-refractivity contribution in [1.82, 2.24) is 4.90 Å². The number of nitrogens with two attached hydrogens (primary N) is 1. The van der Waals surface area contributed by atoms with Crippen LogP contribution >= 0.6 is 11.3 Å². The number of nitrogens with zero attached hydrogens (tertiary/aromatic N) is 1. The fourth-order valence-corrected chi connectivity index (χ4v) is 4.57. The number of hydrogen-bond acceptors (Lipinski definition) is 3. The maximum Gasteiger partial charge on any atom is 0.264 e. The summed E-state index contributed by atoms with van der Waals surface area (Å²) >= 11 is 1.64. The lowest BCUT2D eigenvalue weighted by molar-refractivity contribution is -0.123. The summed E-state index contributed by atoms with van der Waals surface area (Å²) in [5.41, 5.74) is 6.77. The molecule has 5 heteroatoms. The van der Waals surface area contributed by atoms with Crippen LogP contribution in [0.5, 0.6) is 0 Å². The maximum absolute atomic E-state index is 12.8. The molecule has 2 aliphatic rings. The smallest absolute Gasteiger partial charge is 0.264 e. The highest BCUT2D eigenvalue weighted by molar-refractivity contribution is 7.14. The number of fused-ring (bicyclic) bond motifs is 1. The van der Waals surface area contributed by atoms with Crippen LogP contribution in [0.3, 0.4) is 0 Å². The Balaban J connectivity index is 1.79. The molecular weight excluding hydrogens is 284 g/mol. The van der Waals surface area contributed by atoms with E-state index in [-0.39, 0.29) is 23.8 Å². The van der Waals surface area contributed by atoms with E-state index in [0.717, 1.165) is 30.6 Å². The largest absolute Gasteiger partial charge is 0.369 e. The first-order valence-corrected chi connectivity index (χ1v) is 8.59. The van der Waals surface area contributed by atoms with Crippen molar-refractivity contribution in [2.75, 3.05) is 6.54 Å². The highest BCUT2D eigenvalue weighted by Gasteiger charge is 2.33. The molecular formula is C16H22N2O2S. The first kappa shape index (κ1) is 14.6. The molecule has 2 amide bonds. The zero-order valence-corrected chi connectivity index (χ0v) is 13.2. The summed E-state index contributed by atoms with van der Waals surface area (Å²) < 4.78 is 0. The Morgan fingerprint density at radius 3 is 2.76 bits per heavy atom. The van der Waals surface area contributed by atoms with Gasteiger partial charge in [0, 0.05) is 17.5 Å². The van der Waals surface area contributed by atoms with Gasteiger partial charge in [-0.3, -0.25) is 9.59 Å². The van der Waals surface area contributed by atoms with Gasteiger partial charge in [0.25, 0.3) is 5.91 Å². The van der Waals surface area contributed by atoms with Gasteiger partial charge in [-0.05, 0) is 57.1 Å². The molecule has 0 unspecified atom stereocenters. The van der Waals surface area contributed by atoms with E-state index in [4.69, 9.17) is 5.73 Å². The number of aryl methyl sites for hydroxylation is 2. The number of hydrogen-bond donors (Lipinski definition) is 1. The summed E-state index contributed by atoms with van der Waals surface area (Å²) in [7, 11) is 0. The molecule has 0 saturated carbocycles. The summed E-state index contributed by atoms with van der Waals surface area (Å²) in [6.45, 7) is 2.53. The molecule has 1 aliphatic heterocycles. The van der Waals surface area contributed by atoms with E-state index < -0.39 is 0 Å². The minimum absolute atomic E-state index is 0.0767. The fourth-order valence-electron chi connectivity index (χ4n) is 3.36. The Morgan fingerprint density at radius 2 is 2.05 bits per heavy atom. The van der Waals surface area contributed by atoms with E-state index in [1.807, 2.05) is 4.90 Å². The van der Waals surface area contributed by atoms with E-state index >= 15 is 0 Å². The normalized spacial score (nSPS) is 25.5. The minimum atomic E-state index is -0.287. The van der Waals surface area contributed by atoms with E-state index in [1.54, 1.807) is 11.3 Å². The molecule has 2 atom stereocenters. The van der Waals surface area contributed by atoms with Gasteiger partial charge < -0.3 is 10.6 Å². The van der Waals surface area contributed by atoms with Crippen molar-refractivity contribution in [2.45, 2.75) is 51.5 Å². The van der Waals surface area contributed by atoms with Gasteiger partial charge in [-0.2, -0.15) is 0 Å². The lowest BCUT2D eigenvalue weighted by Crippen LogP contribution is -2.48. The van der Waals surface area contributed by atoms with Crippen LogP contribution in [0.25, 0.3) is 0 Å². The minimum Gasteiger partial charge on any atom is -0.369 e. The molecule has 2 N–H and O–H groups in total. The van der Waals surface area contributed by atoms with Crippen molar-refractivity contribution in [3.05, 3.63) is 21.4 Å². The topological polar surface area (TPSA) is 63.4 Å². The van der Waals surface area contributed by atoms with Crippen LogP contribution in [0.4, 0.5) is 0 Å². The second-order valence-electron chi connectivity index (χ2n) is 6.25. The van der Waals surface area contributed by atoms with Gasteiger partial charge >= 0.3 is 0 Å². The number of primary amides is 1. The van der Waals surface area contributed by atoms with Crippen molar-refractivity contribution in [2.24, 2.45) is 11.7 Å². The molecule has 3 rings (SSSR count). The van der Waals surface area contributed by atoms with Crippen LogP contribution in [0, 0.1) is 5.92 Å². The molecule has 1 saturated heterocycles. The number of carbonyl (C=O) groups excluding carboxylic acids is 2. The fraction of sp³-hybridized carbons (Fsp3) is 0.625. The third kappa shape index (κ3) is 2.84.